The first kappa shape index (κ1) is 13.3. The molecule has 0 radical (unpaired) electrons. The molecule has 0 amide bonds. The number of benzene rings is 1. The summed E-state index contributed by atoms with van der Waals surface area (Å²) in [6.45, 7) is 4.39. The Morgan fingerprint density at radius 3 is 2.95 bits per heavy atom. The maximum Gasteiger partial charge on any atom is 0.0822 e. The van der Waals surface area contributed by atoms with E-state index >= 15 is 0 Å². The van der Waals surface area contributed by atoms with Crippen molar-refractivity contribution in [1.82, 2.24) is 4.98 Å². The third kappa shape index (κ3) is 2.61. The molecular formula is C18H21NO. The van der Waals surface area contributed by atoms with Crippen LogP contribution in [0.1, 0.15) is 38.4 Å². The lowest BCUT2D eigenvalue weighted by Gasteiger charge is -2.29. The Kier molecular flexibility index (Phi) is 3.58. The van der Waals surface area contributed by atoms with E-state index in [4.69, 9.17) is 0 Å². The van der Waals surface area contributed by atoms with E-state index in [1.807, 2.05) is 24.3 Å². The molecule has 2 heteroatoms. The van der Waals surface area contributed by atoms with Crippen molar-refractivity contribution >= 4 is 10.9 Å². The summed E-state index contributed by atoms with van der Waals surface area (Å²) in [6.07, 6.45) is 5.77. The van der Waals surface area contributed by atoms with Gasteiger partial charge in [0, 0.05) is 11.6 Å². The standard InChI is InChI=1S/C18H21NO/c1-12-8-13(2)10-16(9-12)18(20)15-6-5-14-4-3-7-19-17(14)11-15/h3-8,11-12,16,18,20H,9-10H2,1-2H3. The first-order chi connectivity index (χ1) is 9.63. The maximum absolute atomic E-state index is 10.7. The van der Waals surface area contributed by atoms with Crippen LogP contribution >= 0.6 is 0 Å². The maximum atomic E-state index is 10.7. The van der Waals surface area contributed by atoms with Gasteiger partial charge in [0.1, 0.15) is 0 Å². The van der Waals surface area contributed by atoms with E-state index in [1.165, 1.54) is 5.57 Å². The Balaban J connectivity index is 1.88. The SMILES string of the molecule is CC1=CC(C)CC(C(O)c2ccc3cccnc3c2)C1. The fourth-order valence-corrected chi connectivity index (χ4v) is 3.38. The molecule has 20 heavy (non-hydrogen) atoms. The number of hydrogen-bond donors (Lipinski definition) is 1. The normalized spacial score (nSPS) is 24.4. The predicted molar refractivity (Wildman–Crippen MR) is 82.3 cm³/mol. The van der Waals surface area contributed by atoms with Gasteiger partial charge in [0.25, 0.3) is 0 Å². The minimum Gasteiger partial charge on any atom is -0.388 e. The summed E-state index contributed by atoms with van der Waals surface area (Å²) in [5.41, 5.74) is 3.34. The topological polar surface area (TPSA) is 33.1 Å². The van der Waals surface area contributed by atoms with Crippen molar-refractivity contribution in [2.45, 2.75) is 32.8 Å². The number of nitrogens with zero attached hydrogens (tertiary/aromatic N) is 1. The Labute approximate surface area is 120 Å². The van der Waals surface area contributed by atoms with Crippen LogP contribution in [0.2, 0.25) is 0 Å². The van der Waals surface area contributed by atoms with Gasteiger partial charge in [-0.3, -0.25) is 4.98 Å². The van der Waals surface area contributed by atoms with E-state index in [-0.39, 0.29) is 0 Å². The van der Waals surface area contributed by atoms with Crippen LogP contribution in [0.5, 0.6) is 0 Å². The molecule has 0 aliphatic heterocycles. The van der Waals surface area contributed by atoms with E-state index in [9.17, 15) is 5.11 Å². The molecule has 2 nitrogen and oxygen atoms in total. The highest BCUT2D eigenvalue weighted by molar-refractivity contribution is 5.78. The van der Waals surface area contributed by atoms with Crippen LogP contribution in [-0.2, 0) is 0 Å². The number of hydrogen-bond acceptors (Lipinski definition) is 2. The van der Waals surface area contributed by atoms with E-state index in [1.54, 1.807) is 6.20 Å². The summed E-state index contributed by atoms with van der Waals surface area (Å²) < 4.78 is 0. The zero-order valence-corrected chi connectivity index (χ0v) is 12.1. The van der Waals surface area contributed by atoms with Crippen LogP contribution < -0.4 is 0 Å². The number of fused-ring (bicyclic) bond motifs is 1. The lowest BCUT2D eigenvalue weighted by Crippen LogP contribution is -2.19. The minimum absolute atomic E-state index is 0.316. The van der Waals surface area contributed by atoms with Crippen LogP contribution in [-0.4, -0.2) is 10.1 Å². The monoisotopic (exact) mass is 267 g/mol. The smallest absolute Gasteiger partial charge is 0.0822 e. The second kappa shape index (κ2) is 5.37. The van der Waals surface area contributed by atoms with Gasteiger partial charge in [0.2, 0.25) is 0 Å². The van der Waals surface area contributed by atoms with Crippen LogP contribution in [0.4, 0.5) is 0 Å². The van der Waals surface area contributed by atoms with Crippen LogP contribution in [0, 0.1) is 11.8 Å². The lowest BCUT2D eigenvalue weighted by molar-refractivity contribution is 0.0933. The molecule has 1 N–H and O–H groups in total. The van der Waals surface area contributed by atoms with Gasteiger partial charge in [-0.2, -0.15) is 0 Å². The highest BCUT2D eigenvalue weighted by Crippen LogP contribution is 2.37. The number of pyridine rings is 1. The van der Waals surface area contributed by atoms with Gasteiger partial charge < -0.3 is 5.11 Å². The Bertz CT molecular complexity index is 647. The number of aromatic nitrogens is 1. The summed E-state index contributed by atoms with van der Waals surface area (Å²) in [7, 11) is 0. The first-order valence-electron chi connectivity index (χ1n) is 7.33. The molecule has 1 aromatic heterocycles. The third-order valence-corrected chi connectivity index (χ3v) is 4.25. The molecule has 1 aromatic carbocycles. The molecule has 104 valence electrons. The molecule has 1 heterocycles. The van der Waals surface area contributed by atoms with Gasteiger partial charge in [-0.15, -0.1) is 0 Å². The summed E-state index contributed by atoms with van der Waals surface area (Å²) in [6, 6.07) is 10.1. The molecule has 0 saturated carbocycles. The van der Waals surface area contributed by atoms with Crippen molar-refractivity contribution < 1.29 is 5.11 Å². The molecule has 2 aromatic rings. The fraction of sp³-hybridized carbons (Fsp3) is 0.389. The summed E-state index contributed by atoms with van der Waals surface area (Å²) >= 11 is 0. The average Bonchev–Trinajstić information content (AvgIpc) is 2.45. The van der Waals surface area contributed by atoms with E-state index < -0.39 is 6.10 Å². The van der Waals surface area contributed by atoms with Crippen molar-refractivity contribution in [2.24, 2.45) is 11.8 Å². The van der Waals surface area contributed by atoms with E-state index in [0.717, 1.165) is 29.3 Å². The Hall–Kier alpha value is -1.67. The molecule has 1 aliphatic carbocycles. The second-order valence-corrected chi connectivity index (χ2v) is 6.09. The first-order valence-corrected chi connectivity index (χ1v) is 7.33. The highest BCUT2D eigenvalue weighted by atomic mass is 16.3. The average molecular weight is 267 g/mol. The van der Waals surface area contributed by atoms with E-state index in [2.05, 4.69) is 31.0 Å². The van der Waals surface area contributed by atoms with Gasteiger partial charge in [0.05, 0.1) is 11.6 Å². The third-order valence-electron chi connectivity index (χ3n) is 4.25. The van der Waals surface area contributed by atoms with Crippen molar-refractivity contribution in [3.05, 3.63) is 53.7 Å². The van der Waals surface area contributed by atoms with Crippen LogP contribution in [0.3, 0.4) is 0 Å². The number of allylic oxidation sites excluding steroid dienone is 2. The zero-order valence-electron chi connectivity index (χ0n) is 12.1. The molecule has 1 aliphatic rings. The predicted octanol–water partition coefficient (Wildman–Crippen LogP) is 4.26. The van der Waals surface area contributed by atoms with Crippen molar-refractivity contribution in [2.75, 3.05) is 0 Å². The van der Waals surface area contributed by atoms with Crippen molar-refractivity contribution in [1.29, 1.82) is 0 Å². The van der Waals surface area contributed by atoms with E-state index in [0.29, 0.717) is 11.8 Å². The van der Waals surface area contributed by atoms with Crippen LogP contribution in [0.25, 0.3) is 10.9 Å². The number of aliphatic hydroxyl groups excluding tert-OH is 1. The summed E-state index contributed by atoms with van der Waals surface area (Å²) in [5.74, 6) is 0.873. The Morgan fingerprint density at radius 2 is 2.15 bits per heavy atom. The molecule has 0 bridgehead atoms. The molecule has 0 fully saturated rings. The Morgan fingerprint density at radius 1 is 1.30 bits per heavy atom. The quantitative estimate of drug-likeness (QED) is 0.825. The number of aliphatic hydroxyl groups is 1. The number of rotatable bonds is 2. The van der Waals surface area contributed by atoms with Crippen molar-refractivity contribution in [3.8, 4) is 0 Å². The van der Waals surface area contributed by atoms with Gasteiger partial charge in [0.15, 0.2) is 0 Å². The molecular weight excluding hydrogens is 246 g/mol. The van der Waals surface area contributed by atoms with Crippen LogP contribution in [0.15, 0.2) is 48.2 Å². The fourth-order valence-electron chi connectivity index (χ4n) is 3.38. The summed E-state index contributed by atoms with van der Waals surface area (Å²) in [5, 5.41) is 11.8. The largest absolute Gasteiger partial charge is 0.388 e. The van der Waals surface area contributed by atoms with Gasteiger partial charge in [-0.1, -0.05) is 36.8 Å². The zero-order chi connectivity index (χ0) is 14.1. The van der Waals surface area contributed by atoms with Gasteiger partial charge >= 0.3 is 0 Å². The molecule has 0 spiro atoms. The highest BCUT2D eigenvalue weighted by Gasteiger charge is 2.26. The van der Waals surface area contributed by atoms with Gasteiger partial charge in [-0.25, -0.2) is 0 Å². The van der Waals surface area contributed by atoms with Crippen molar-refractivity contribution in [3.63, 3.8) is 0 Å². The molecule has 3 rings (SSSR count). The molecule has 0 saturated heterocycles. The molecule has 3 atom stereocenters. The second-order valence-electron chi connectivity index (χ2n) is 6.09. The molecule has 3 unspecified atom stereocenters. The minimum atomic E-state index is -0.396. The lowest BCUT2D eigenvalue weighted by atomic mass is 9.79. The summed E-state index contributed by atoms with van der Waals surface area (Å²) in [4.78, 5) is 4.38. The van der Waals surface area contributed by atoms with Gasteiger partial charge in [-0.05, 0) is 49.3 Å².